The van der Waals surface area contributed by atoms with Gasteiger partial charge >= 0.3 is 0 Å². The second kappa shape index (κ2) is 7.04. The molecule has 0 aromatic heterocycles. The Kier molecular flexibility index (Phi) is 5.66. The summed E-state index contributed by atoms with van der Waals surface area (Å²) in [6.45, 7) is 2.76. The van der Waals surface area contributed by atoms with Crippen molar-refractivity contribution in [2.75, 3.05) is 20.1 Å². The van der Waals surface area contributed by atoms with Crippen molar-refractivity contribution >= 4 is 5.91 Å². The molecule has 1 rings (SSSR count). The van der Waals surface area contributed by atoms with Gasteiger partial charge in [-0.15, -0.1) is 0 Å². The summed E-state index contributed by atoms with van der Waals surface area (Å²) in [5, 5.41) is 14.9. The van der Waals surface area contributed by atoms with Gasteiger partial charge in [-0.25, -0.2) is 0 Å². The number of rotatable bonds is 6. The van der Waals surface area contributed by atoms with Gasteiger partial charge in [-0.05, 0) is 38.6 Å². The quantitative estimate of drug-likeness (QED) is 0.676. The maximum absolute atomic E-state index is 11.9. The molecule has 0 bridgehead atoms. The highest BCUT2D eigenvalue weighted by Gasteiger charge is 2.10. The number of benzene rings is 1. The number of carbonyl (C=O) groups excluding carboxylic acids is 1. The predicted octanol–water partition coefficient (Wildman–Crippen LogP) is 0.559. The van der Waals surface area contributed by atoms with Crippen LogP contribution in [0, 0.1) is 0 Å². The molecule has 1 atom stereocenters. The summed E-state index contributed by atoms with van der Waals surface area (Å²) in [6.07, 6.45) is 0.290. The van der Waals surface area contributed by atoms with Gasteiger partial charge < -0.3 is 15.7 Å². The zero-order valence-corrected chi connectivity index (χ0v) is 10.4. The third-order valence-corrected chi connectivity index (χ3v) is 2.46. The van der Waals surface area contributed by atoms with E-state index in [9.17, 15) is 4.79 Å². The largest absolute Gasteiger partial charge is 0.392 e. The Hall–Kier alpha value is -1.39. The van der Waals surface area contributed by atoms with Crippen molar-refractivity contribution in [2.45, 2.75) is 19.4 Å². The first-order valence-corrected chi connectivity index (χ1v) is 5.84. The highest BCUT2D eigenvalue weighted by Crippen LogP contribution is 2.09. The number of likely N-dealkylation sites (N-methyl/N-ethyl adjacent to an activating group) is 1. The first-order chi connectivity index (χ1) is 8.15. The Labute approximate surface area is 102 Å². The first-order valence-electron chi connectivity index (χ1n) is 5.84. The van der Waals surface area contributed by atoms with Crippen LogP contribution >= 0.6 is 0 Å². The van der Waals surface area contributed by atoms with Crippen LogP contribution in [0.25, 0.3) is 0 Å². The lowest BCUT2D eigenvalue weighted by Crippen LogP contribution is -2.31. The Morgan fingerprint density at radius 1 is 1.41 bits per heavy atom. The van der Waals surface area contributed by atoms with Gasteiger partial charge in [0.05, 0.1) is 6.10 Å². The number of carbonyl (C=O) groups is 1. The molecular formula is C13H20N2O2. The van der Waals surface area contributed by atoms with E-state index in [0.717, 1.165) is 18.5 Å². The van der Waals surface area contributed by atoms with Crippen molar-refractivity contribution in [1.82, 2.24) is 10.6 Å². The molecule has 0 saturated carbocycles. The molecule has 4 heteroatoms. The van der Waals surface area contributed by atoms with E-state index in [4.69, 9.17) is 5.11 Å². The van der Waals surface area contributed by atoms with Crippen LogP contribution in [0.2, 0.25) is 0 Å². The van der Waals surface area contributed by atoms with Gasteiger partial charge in [0.25, 0.3) is 5.91 Å². The first kappa shape index (κ1) is 13.7. The molecule has 1 aromatic carbocycles. The van der Waals surface area contributed by atoms with E-state index in [-0.39, 0.29) is 12.5 Å². The molecule has 0 fully saturated rings. The van der Waals surface area contributed by atoms with E-state index < -0.39 is 6.10 Å². The number of nitrogens with one attached hydrogen (secondary N) is 2. The van der Waals surface area contributed by atoms with Gasteiger partial charge in [-0.3, -0.25) is 4.79 Å². The van der Waals surface area contributed by atoms with Gasteiger partial charge in [0.15, 0.2) is 0 Å². The molecule has 0 spiro atoms. The Balaban J connectivity index is 2.70. The van der Waals surface area contributed by atoms with Crippen LogP contribution in [0.1, 0.15) is 22.8 Å². The van der Waals surface area contributed by atoms with Crippen LogP contribution in [-0.4, -0.2) is 37.3 Å². The fraction of sp³-hybridized carbons (Fsp3) is 0.462. The summed E-state index contributed by atoms with van der Waals surface area (Å²) in [6, 6.07) is 7.54. The highest BCUT2D eigenvalue weighted by molar-refractivity contribution is 5.95. The van der Waals surface area contributed by atoms with Gasteiger partial charge in [-0.1, -0.05) is 18.2 Å². The fourth-order valence-corrected chi connectivity index (χ4v) is 1.56. The van der Waals surface area contributed by atoms with Crippen molar-refractivity contribution < 1.29 is 9.90 Å². The average molecular weight is 236 g/mol. The van der Waals surface area contributed by atoms with Crippen molar-refractivity contribution in [3.05, 3.63) is 35.4 Å². The molecule has 0 aliphatic rings. The van der Waals surface area contributed by atoms with Crippen LogP contribution in [0.3, 0.4) is 0 Å². The van der Waals surface area contributed by atoms with Gasteiger partial charge in [-0.2, -0.15) is 0 Å². The molecule has 3 N–H and O–H groups in total. The Morgan fingerprint density at radius 3 is 2.76 bits per heavy atom. The minimum atomic E-state index is -0.525. The Bertz CT molecular complexity index is 364. The smallest absolute Gasteiger partial charge is 0.251 e. The number of aliphatic hydroxyl groups is 1. The van der Waals surface area contributed by atoms with Crippen molar-refractivity contribution in [3.63, 3.8) is 0 Å². The second-order valence-electron chi connectivity index (χ2n) is 4.07. The van der Waals surface area contributed by atoms with Crippen LogP contribution < -0.4 is 10.6 Å². The molecule has 0 radical (unpaired) electrons. The summed E-state index contributed by atoms with van der Waals surface area (Å²) in [5.74, 6) is -0.127. The Morgan fingerprint density at radius 2 is 2.12 bits per heavy atom. The van der Waals surface area contributed by atoms with Crippen LogP contribution in [0.4, 0.5) is 0 Å². The predicted molar refractivity (Wildman–Crippen MR) is 68.1 cm³/mol. The van der Waals surface area contributed by atoms with E-state index in [1.165, 1.54) is 0 Å². The lowest BCUT2D eigenvalue weighted by Gasteiger charge is -2.11. The molecular weight excluding hydrogens is 216 g/mol. The van der Waals surface area contributed by atoms with Crippen molar-refractivity contribution in [2.24, 2.45) is 0 Å². The monoisotopic (exact) mass is 236 g/mol. The summed E-state index contributed by atoms with van der Waals surface area (Å²) in [7, 11) is 1.89. The molecule has 4 nitrogen and oxygen atoms in total. The number of hydrogen-bond acceptors (Lipinski definition) is 3. The lowest BCUT2D eigenvalue weighted by molar-refractivity contribution is 0.0923. The maximum atomic E-state index is 11.9. The molecule has 17 heavy (non-hydrogen) atoms. The normalized spacial score (nSPS) is 12.2. The van der Waals surface area contributed by atoms with E-state index >= 15 is 0 Å². The summed E-state index contributed by atoms with van der Waals surface area (Å²) in [5.41, 5.74) is 1.70. The topological polar surface area (TPSA) is 61.4 Å². The van der Waals surface area contributed by atoms with E-state index in [1.807, 2.05) is 31.3 Å². The molecule has 1 unspecified atom stereocenters. The van der Waals surface area contributed by atoms with Gasteiger partial charge in [0.2, 0.25) is 0 Å². The summed E-state index contributed by atoms with van der Waals surface area (Å²) >= 11 is 0. The SMILES string of the molecule is CNCCc1ccccc1C(=O)NCC(C)O. The number of amides is 1. The van der Waals surface area contributed by atoms with E-state index in [2.05, 4.69) is 10.6 Å². The third-order valence-electron chi connectivity index (χ3n) is 2.46. The van der Waals surface area contributed by atoms with E-state index in [0.29, 0.717) is 5.56 Å². The molecule has 94 valence electrons. The summed E-state index contributed by atoms with van der Waals surface area (Å²) < 4.78 is 0. The second-order valence-corrected chi connectivity index (χ2v) is 4.07. The molecule has 0 aliphatic heterocycles. The minimum absolute atomic E-state index is 0.127. The van der Waals surface area contributed by atoms with Crippen LogP contribution in [0.15, 0.2) is 24.3 Å². The lowest BCUT2D eigenvalue weighted by atomic mass is 10.0. The van der Waals surface area contributed by atoms with Gasteiger partial charge in [0, 0.05) is 12.1 Å². The zero-order valence-electron chi connectivity index (χ0n) is 10.4. The molecule has 0 heterocycles. The average Bonchev–Trinajstić information content (AvgIpc) is 2.33. The minimum Gasteiger partial charge on any atom is -0.392 e. The zero-order chi connectivity index (χ0) is 12.7. The van der Waals surface area contributed by atoms with Crippen LogP contribution in [0.5, 0.6) is 0 Å². The highest BCUT2D eigenvalue weighted by atomic mass is 16.3. The van der Waals surface area contributed by atoms with Crippen molar-refractivity contribution in [3.8, 4) is 0 Å². The molecule has 1 aromatic rings. The third kappa shape index (κ3) is 4.54. The number of aliphatic hydroxyl groups excluding tert-OH is 1. The molecule has 0 saturated heterocycles. The van der Waals surface area contributed by atoms with Crippen LogP contribution in [-0.2, 0) is 6.42 Å². The molecule has 1 amide bonds. The fourth-order valence-electron chi connectivity index (χ4n) is 1.56. The maximum Gasteiger partial charge on any atom is 0.251 e. The number of hydrogen-bond donors (Lipinski definition) is 3. The standard InChI is InChI=1S/C13H20N2O2/c1-10(16)9-15-13(17)12-6-4-3-5-11(12)7-8-14-2/h3-6,10,14,16H,7-9H2,1-2H3,(H,15,17). The molecule has 0 aliphatic carbocycles. The van der Waals surface area contributed by atoms with Crippen molar-refractivity contribution in [1.29, 1.82) is 0 Å². The van der Waals surface area contributed by atoms with E-state index in [1.54, 1.807) is 6.92 Å². The summed E-state index contributed by atoms with van der Waals surface area (Å²) in [4.78, 5) is 11.9. The van der Waals surface area contributed by atoms with Gasteiger partial charge in [0.1, 0.15) is 0 Å².